The van der Waals surface area contributed by atoms with Gasteiger partial charge in [0.2, 0.25) is 0 Å². The molecule has 0 radical (unpaired) electrons. The van der Waals surface area contributed by atoms with Crippen LogP contribution in [-0.4, -0.2) is 58.3 Å². The predicted octanol–water partition coefficient (Wildman–Crippen LogP) is 1.37. The van der Waals surface area contributed by atoms with Crippen molar-refractivity contribution in [3.63, 3.8) is 0 Å². The molecule has 2 unspecified atom stereocenters. The highest BCUT2D eigenvalue weighted by atomic mass is 16.5. The number of hydrazone groups is 1. The van der Waals surface area contributed by atoms with Crippen LogP contribution in [0.4, 0.5) is 9.59 Å². The van der Waals surface area contributed by atoms with Crippen molar-refractivity contribution in [2.45, 2.75) is 19.1 Å². The number of hydrogen-bond acceptors (Lipinski definition) is 6. The minimum Gasteiger partial charge on any atom is -0.508 e. The first-order chi connectivity index (χ1) is 12.5. The number of nitrogens with one attached hydrogen (secondary N) is 1. The average Bonchev–Trinajstić information content (AvgIpc) is 3.24. The molecule has 0 aliphatic carbocycles. The minimum absolute atomic E-state index is 0.0299. The molecule has 0 aromatic heterocycles. The number of phenolic OH excluding ortho intramolecular Hbond substituents is 1. The summed E-state index contributed by atoms with van der Waals surface area (Å²) >= 11 is 0. The molecule has 9 heteroatoms. The monoisotopic (exact) mass is 358 g/mol. The summed E-state index contributed by atoms with van der Waals surface area (Å²) in [7, 11) is 0. The number of amides is 4. The van der Waals surface area contributed by atoms with E-state index in [4.69, 9.17) is 4.74 Å². The molecule has 2 N–H and O–H groups in total. The second-order valence-corrected chi connectivity index (χ2v) is 5.79. The highest BCUT2D eigenvalue weighted by molar-refractivity contribution is 6.01. The lowest BCUT2D eigenvalue weighted by Gasteiger charge is -2.27. The number of carbonyl (C=O) groups excluding carboxylic acids is 3. The van der Waals surface area contributed by atoms with Gasteiger partial charge in [-0.1, -0.05) is 12.1 Å². The third-order valence-electron chi connectivity index (χ3n) is 4.07. The smallest absolute Gasteiger partial charge is 0.349 e. The lowest BCUT2D eigenvalue weighted by molar-refractivity contribution is -0.111. The summed E-state index contributed by atoms with van der Waals surface area (Å²) in [5.74, 6) is 0.0299. The van der Waals surface area contributed by atoms with Gasteiger partial charge in [-0.3, -0.25) is 0 Å². The van der Waals surface area contributed by atoms with Crippen molar-refractivity contribution in [2.75, 3.05) is 13.1 Å². The summed E-state index contributed by atoms with van der Waals surface area (Å²) in [6.45, 7) is 2.27. The molecule has 0 bridgehead atoms. The van der Waals surface area contributed by atoms with Crippen LogP contribution in [0.25, 0.3) is 0 Å². The van der Waals surface area contributed by atoms with E-state index < -0.39 is 18.1 Å². The van der Waals surface area contributed by atoms with E-state index in [-0.39, 0.29) is 18.4 Å². The van der Waals surface area contributed by atoms with Crippen molar-refractivity contribution >= 4 is 24.1 Å². The molecule has 9 nitrogen and oxygen atoms in total. The third-order valence-corrected chi connectivity index (χ3v) is 4.07. The topological polar surface area (TPSA) is 112 Å². The predicted molar refractivity (Wildman–Crippen MR) is 91.4 cm³/mol. The van der Waals surface area contributed by atoms with Gasteiger partial charge in [0.15, 0.2) is 0 Å². The van der Waals surface area contributed by atoms with E-state index in [1.54, 1.807) is 13.0 Å². The molecule has 0 spiro atoms. The second kappa shape index (κ2) is 7.26. The minimum atomic E-state index is -1.06. The maximum Gasteiger partial charge on any atom is 0.349 e. The molecule has 0 saturated carbocycles. The normalized spacial score (nSPS) is 21.4. The quantitative estimate of drug-likeness (QED) is 0.624. The van der Waals surface area contributed by atoms with Crippen molar-refractivity contribution in [1.82, 2.24) is 15.2 Å². The van der Waals surface area contributed by atoms with E-state index in [1.807, 2.05) is 0 Å². The third kappa shape index (κ3) is 3.37. The van der Waals surface area contributed by atoms with Crippen LogP contribution in [0.3, 0.4) is 0 Å². The Balaban J connectivity index is 1.99. The fourth-order valence-electron chi connectivity index (χ4n) is 2.62. The number of benzene rings is 1. The molecule has 1 aromatic carbocycles. The van der Waals surface area contributed by atoms with Crippen molar-refractivity contribution in [1.29, 1.82) is 0 Å². The van der Waals surface area contributed by atoms with Gasteiger partial charge in [-0.2, -0.15) is 10.1 Å². The number of imide groups is 1. The van der Waals surface area contributed by atoms with Gasteiger partial charge in [0.05, 0.1) is 6.26 Å². The summed E-state index contributed by atoms with van der Waals surface area (Å²) in [5, 5.41) is 17.2. The summed E-state index contributed by atoms with van der Waals surface area (Å²) in [6, 6.07) is 3.53. The number of carbonyl (C=O) groups is 3. The maximum atomic E-state index is 12.9. The van der Waals surface area contributed by atoms with Gasteiger partial charge in [-0.15, -0.1) is 0 Å². The lowest BCUT2D eigenvalue weighted by Crippen LogP contribution is -2.45. The van der Waals surface area contributed by atoms with Gasteiger partial charge in [0, 0.05) is 13.1 Å². The Kier molecular flexibility index (Phi) is 4.87. The Morgan fingerprint density at radius 3 is 2.73 bits per heavy atom. The van der Waals surface area contributed by atoms with Crippen molar-refractivity contribution < 1.29 is 24.2 Å². The molecule has 2 aliphatic heterocycles. The van der Waals surface area contributed by atoms with E-state index >= 15 is 0 Å². The summed E-state index contributed by atoms with van der Waals surface area (Å²) in [5.41, 5.74) is 0.897. The van der Waals surface area contributed by atoms with Crippen LogP contribution >= 0.6 is 0 Å². The molecule has 1 saturated heterocycles. The molecule has 2 heterocycles. The van der Waals surface area contributed by atoms with Crippen molar-refractivity contribution in [3.8, 4) is 5.75 Å². The number of phenols is 1. The van der Waals surface area contributed by atoms with E-state index in [2.05, 4.69) is 10.4 Å². The Morgan fingerprint density at radius 1 is 1.46 bits per heavy atom. The molecule has 2 aliphatic rings. The van der Waals surface area contributed by atoms with E-state index in [0.717, 1.165) is 9.91 Å². The van der Waals surface area contributed by atoms with Crippen LogP contribution < -0.4 is 5.32 Å². The van der Waals surface area contributed by atoms with E-state index in [9.17, 15) is 19.5 Å². The van der Waals surface area contributed by atoms with Crippen molar-refractivity contribution in [2.24, 2.45) is 5.10 Å². The largest absolute Gasteiger partial charge is 0.508 e. The zero-order chi connectivity index (χ0) is 18.7. The van der Waals surface area contributed by atoms with Crippen LogP contribution in [0.2, 0.25) is 0 Å². The second-order valence-electron chi connectivity index (χ2n) is 5.79. The first kappa shape index (κ1) is 17.5. The maximum absolute atomic E-state index is 12.9. The fraction of sp³-hybridized carbons (Fsp3) is 0.294. The summed E-state index contributed by atoms with van der Waals surface area (Å²) < 4.78 is 5.26. The molecule has 26 heavy (non-hydrogen) atoms. The molecule has 3 rings (SSSR count). The number of urea groups is 2. The highest BCUT2D eigenvalue weighted by Crippen LogP contribution is 2.24. The van der Waals surface area contributed by atoms with Crippen molar-refractivity contribution in [3.05, 3.63) is 42.2 Å². The number of aromatic hydroxyl groups is 1. The molecular formula is C17H18N4O5. The van der Waals surface area contributed by atoms with Crippen LogP contribution in [0.15, 0.2) is 41.7 Å². The average molecular weight is 358 g/mol. The zero-order valence-electron chi connectivity index (χ0n) is 14.0. The Hall–Kier alpha value is -3.36. The SMILES string of the molecule is CC1OC=CC1=NN(C(=O)N1CCNC1=O)C(C=O)c1ccc(O)cc1. The molecule has 1 fully saturated rings. The highest BCUT2D eigenvalue weighted by Gasteiger charge is 2.35. The van der Waals surface area contributed by atoms with E-state index in [1.165, 1.54) is 30.5 Å². The number of hydrogen-bond donors (Lipinski definition) is 2. The van der Waals surface area contributed by atoms with Gasteiger partial charge in [0.25, 0.3) is 0 Å². The Bertz CT molecular complexity index is 774. The molecule has 136 valence electrons. The Morgan fingerprint density at radius 2 is 2.19 bits per heavy atom. The fourth-order valence-corrected chi connectivity index (χ4v) is 2.62. The zero-order valence-corrected chi connectivity index (χ0v) is 14.0. The lowest BCUT2D eigenvalue weighted by atomic mass is 10.1. The number of aldehydes is 1. The summed E-state index contributed by atoms with van der Waals surface area (Å²) in [6.07, 6.45) is 3.22. The van der Waals surface area contributed by atoms with Crippen LogP contribution in [0.1, 0.15) is 18.5 Å². The van der Waals surface area contributed by atoms with Gasteiger partial charge in [-0.25, -0.2) is 14.5 Å². The van der Waals surface area contributed by atoms with Gasteiger partial charge >= 0.3 is 12.1 Å². The number of ether oxygens (including phenoxy) is 1. The van der Waals surface area contributed by atoms with Gasteiger partial charge < -0.3 is 20.0 Å². The van der Waals surface area contributed by atoms with Crippen LogP contribution in [0, 0.1) is 0 Å². The molecule has 1 aromatic rings. The number of rotatable bonds is 4. The first-order valence-electron chi connectivity index (χ1n) is 8.04. The van der Waals surface area contributed by atoms with Crippen LogP contribution in [0.5, 0.6) is 5.75 Å². The molecule has 4 amide bonds. The van der Waals surface area contributed by atoms with Gasteiger partial charge in [0.1, 0.15) is 29.9 Å². The molecular weight excluding hydrogens is 340 g/mol. The van der Waals surface area contributed by atoms with Gasteiger partial charge in [-0.05, 0) is 30.7 Å². The van der Waals surface area contributed by atoms with E-state index in [0.29, 0.717) is 24.1 Å². The first-order valence-corrected chi connectivity index (χ1v) is 8.04. The standard InChI is InChI=1S/C17H18N4O5/c1-11-14(6-9-26-11)19-21(17(25)20-8-7-18-16(20)24)15(10-22)12-2-4-13(23)5-3-12/h2-6,9-11,15,23H,7-8H2,1H3,(H,18,24). The molecule has 2 atom stereocenters. The number of nitrogens with zero attached hydrogens (tertiary/aromatic N) is 3. The van der Waals surface area contributed by atoms with Crippen LogP contribution in [-0.2, 0) is 9.53 Å². The summed E-state index contributed by atoms with van der Waals surface area (Å²) in [4.78, 5) is 37.6. The Labute approximate surface area is 149 Å².